The van der Waals surface area contributed by atoms with Crippen LogP contribution in [0.15, 0.2) is 48.8 Å². The molecular formula is C18H18FN3O2. The van der Waals surface area contributed by atoms with Gasteiger partial charge >= 0.3 is 0 Å². The van der Waals surface area contributed by atoms with Crippen molar-refractivity contribution in [3.05, 3.63) is 65.9 Å². The maximum absolute atomic E-state index is 13.1. The average Bonchev–Trinajstić information content (AvgIpc) is 2.96. The maximum atomic E-state index is 13.1. The molecule has 0 atom stereocenters. The van der Waals surface area contributed by atoms with E-state index >= 15 is 0 Å². The summed E-state index contributed by atoms with van der Waals surface area (Å²) in [6.45, 7) is 0.549. The summed E-state index contributed by atoms with van der Waals surface area (Å²) in [6, 6.07) is 10.7. The Bertz CT molecular complexity index is 843. The van der Waals surface area contributed by atoms with E-state index in [1.165, 1.54) is 12.3 Å². The molecule has 124 valence electrons. The third-order valence-corrected chi connectivity index (χ3v) is 3.70. The van der Waals surface area contributed by atoms with E-state index in [9.17, 15) is 9.18 Å². The summed E-state index contributed by atoms with van der Waals surface area (Å²) in [5, 5.41) is 2.87. The summed E-state index contributed by atoms with van der Waals surface area (Å²) in [5.74, 6) is 0.369. The topological polar surface area (TPSA) is 55.6 Å². The van der Waals surface area contributed by atoms with Crippen LogP contribution in [-0.4, -0.2) is 28.9 Å². The molecule has 1 amide bonds. The van der Waals surface area contributed by atoms with Gasteiger partial charge in [-0.05, 0) is 36.2 Å². The first kappa shape index (κ1) is 16.0. The molecule has 0 radical (unpaired) electrons. The highest BCUT2D eigenvalue weighted by atomic mass is 19.1. The highest BCUT2D eigenvalue weighted by Crippen LogP contribution is 2.11. The van der Waals surface area contributed by atoms with Crippen molar-refractivity contribution in [2.75, 3.05) is 13.7 Å². The number of imidazole rings is 1. The van der Waals surface area contributed by atoms with Gasteiger partial charge in [0.1, 0.15) is 17.2 Å². The SMILES string of the molecule is COc1ccc(CCNC(=O)Cc2cn3cc(F)ccc3n2)cc1. The number of hydrogen-bond donors (Lipinski definition) is 1. The highest BCUT2D eigenvalue weighted by Gasteiger charge is 2.08. The summed E-state index contributed by atoms with van der Waals surface area (Å²) >= 11 is 0. The van der Waals surface area contributed by atoms with E-state index in [0.29, 0.717) is 17.9 Å². The molecule has 0 bridgehead atoms. The lowest BCUT2D eigenvalue weighted by Crippen LogP contribution is -2.27. The Labute approximate surface area is 139 Å². The summed E-state index contributed by atoms with van der Waals surface area (Å²) in [5.41, 5.74) is 2.36. The van der Waals surface area contributed by atoms with Crippen molar-refractivity contribution in [3.63, 3.8) is 0 Å². The van der Waals surface area contributed by atoms with E-state index in [1.54, 1.807) is 23.8 Å². The number of hydrogen-bond acceptors (Lipinski definition) is 3. The largest absolute Gasteiger partial charge is 0.497 e. The number of benzene rings is 1. The van der Waals surface area contributed by atoms with E-state index < -0.39 is 0 Å². The molecule has 3 aromatic rings. The Morgan fingerprint density at radius 2 is 2.00 bits per heavy atom. The van der Waals surface area contributed by atoms with Crippen molar-refractivity contribution in [1.29, 1.82) is 0 Å². The zero-order chi connectivity index (χ0) is 16.9. The van der Waals surface area contributed by atoms with Gasteiger partial charge in [0.25, 0.3) is 0 Å². The Hall–Kier alpha value is -2.89. The summed E-state index contributed by atoms with van der Waals surface area (Å²) in [6.07, 6.45) is 3.92. The third-order valence-electron chi connectivity index (χ3n) is 3.70. The lowest BCUT2D eigenvalue weighted by Gasteiger charge is -2.05. The molecular weight excluding hydrogens is 309 g/mol. The van der Waals surface area contributed by atoms with Crippen molar-refractivity contribution in [1.82, 2.24) is 14.7 Å². The Kier molecular flexibility index (Phi) is 4.74. The normalized spacial score (nSPS) is 10.8. The second-order valence-electron chi connectivity index (χ2n) is 5.47. The van der Waals surface area contributed by atoms with Crippen LogP contribution >= 0.6 is 0 Å². The second-order valence-corrected chi connectivity index (χ2v) is 5.47. The molecule has 0 saturated carbocycles. The number of carbonyl (C=O) groups is 1. The van der Waals surface area contributed by atoms with Crippen LogP contribution in [0.1, 0.15) is 11.3 Å². The predicted octanol–water partition coefficient (Wildman–Crippen LogP) is 2.38. The molecule has 5 nitrogen and oxygen atoms in total. The van der Waals surface area contributed by atoms with Gasteiger partial charge in [-0.2, -0.15) is 0 Å². The standard InChI is InChI=1S/C18H18FN3O2/c1-24-16-5-2-13(3-6-16)8-9-20-18(23)10-15-12-22-11-14(19)4-7-17(22)21-15/h2-7,11-12H,8-10H2,1H3,(H,20,23). The van der Waals surface area contributed by atoms with E-state index in [2.05, 4.69) is 10.3 Å². The van der Waals surface area contributed by atoms with Crippen molar-refractivity contribution in [2.45, 2.75) is 12.8 Å². The minimum absolute atomic E-state index is 0.104. The van der Waals surface area contributed by atoms with Gasteiger partial charge in [-0.1, -0.05) is 12.1 Å². The smallest absolute Gasteiger partial charge is 0.226 e. The molecule has 1 N–H and O–H groups in total. The third kappa shape index (κ3) is 3.90. The van der Waals surface area contributed by atoms with E-state index in [-0.39, 0.29) is 18.1 Å². The Balaban J connectivity index is 1.51. The monoisotopic (exact) mass is 327 g/mol. The lowest BCUT2D eigenvalue weighted by molar-refractivity contribution is -0.120. The fraction of sp³-hybridized carbons (Fsp3) is 0.222. The Morgan fingerprint density at radius 3 is 2.75 bits per heavy atom. The molecule has 6 heteroatoms. The summed E-state index contributed by atoms with van der Waals surface area (Å²) < 4.78 is 19.8. The van der Waals surface area contributed by atoms with Crippen molar-refractivity contribution in [3.8, 4) is 5.75 Å². The van der Waals surface area contributed by atoms with Crippen molar-refractivity contribution >= 4 is 11.6 Å². The van der Waals surface area contributed by atoms with Crippen molar-refractivity contribution < 1.29 is 13.9 Å². The number of methoxy groups -OCH3 is 1. The van der Waals surface area contributed by atoms with E-state index in [0.717, 1.165) is 17.7 Å². The van der Waals surface area contributed by atoms with Gasteiger partial charge in [0.05, 0.1) is 19.2 Å². The number of fused-ring (bicyclic) bond motifs is 1. The minimum Gasteiger partial charge on any atom is -0.497 e. The van der Waals surface area contributed by atoms with Crippen molar-refractivity contribution in [2.24, 2.45) is 0 Å². The van der Waals surface area contributed by atoms with Crippen LogP contribution in [0.5, 0.6) is 5.75 Å². The minimum atomic E-state index is -0.338. The number of carbonyl (C=O) groups excluding carboxylic acids is 1. The number of aromatic nitrogens is 2. The number of nitrogens with zero attached hydrogens (tertiary/aromatic N) is 2. The van der Waals surface area contributed by atoms with Crippen LogP contribution < -0.4 is 10.1 Å². The number of halogens is 1. The fourth-order valence-electron chi connectivity index (χ4n) is 2.47. The second kappa shape index (κ2) is 7.12. The first-order chi connectivity index (χ1) is 11.6. The number of nitrogens with one attached hydrogen (secondary N) is 1. The summed E-state index contributed by atoms with van der Waals surface area (Å²) in [7, 11) is 1.63. The fourth-order valence-corrected chi connectivity index (χ4v) is 2.47. The van der Waals surface area contributed by atoms with Gasteiger partial charge in [0, 0.05) is 18.9 Å². The molecule has 3 rings (SSSR count). The van der Waals surface area contributed by atoms with Gasteiger partial charge < -0.3 is 14.5 Å². The van der Waals surface area contributed by atoms with Gasteiger partial charge in [-0.25, -0.2) is 9.37 Å². The van der Waals surface area contributed by atoms with Crippen LogP contribution in [0.25, 0.3) is 5.65 Å². The zero-order valence-corrected chi connectivity index (χ0v) is 13.3. The molecule has 2 aromatic heterocycles. The van der Waals surface area contributed by atoms with Gasteiger partial charge in [-0.15, -0.1) is 0 Å². The lowest BCUT2D eigenvalue weighted by atomic mass is 10.1. The molecule has 0 unspecified atom stereocenters. The van der Waals surface area contributed by atoms with Crippen LogP contribution in [0.4, 0.5) is 4.39 Å². The number of amides is 1. The maximum Gasteiger partial charge on any atom is 0.226 e. The van der Waals surface area contributed by atoms with Gasteiger partial charge in [0.2, 0.25) is 5.91 Å². The number of rotatable bonds is 6. The van der Waals surface area contributed by atoms with Crippen LogP contribution in [0.2, 0.25) is 0 Å². The van der Waals surface area contributed by atoms with Crippen LogP contribution in [-0.2, 0) is 17.6 Å². The molecule has 0 aliphatic carbocycles. The molecule has 1 aromatic carbocycles. The average molecular weight is 327 g/mol. The molecule has 2 heterocycles. The molecule has 0 fully saturated rings. The number of pyridine rings is 1. The number of ether oxygens (including phenoxy) is 1. The van der Waals surface area contributed by atoms with E-state index in [1.807, 2.05) is 24.3 Å². The molecule has 0 saturated heterocycles. The van der Waals surface area contributed by atoms with Gasteiger partial charge in [-0.3, -0.25) is 4.79 Å². The zero-order valence-electron chi connectivity index (χ0n) is 13.3. The molecule has 0 aliphatic rings. The first-order valence-corrected chi connectivity index (χ1v) is 7.67. The highest BCUT2D eigenvalue weighted by molar-refractivity contribution is 5.78. The van der Waals surface area contributed by atoms with Crippen LogP contribution in [0.3, 0.4) is 0 Å². The predicted molar refractivity (Wildman–Crippen MR) is 88.6 cm³/mol. The van der Waals surface area contributed by atoms with Gasteiger partial charge in [0.15, 0.2) is 0 Å². The molecule has 0 aliphatic heterocycles. The Morgan fingerprint density at radius 1 is 1.21 bits per heavy atom. The quantitative estimate of drug-likeness (QED) is 0.756. The summed E-state index contributed by atoms with van der Waals surface area (Å²) in [4.78, 5) is 16.3. The first-order valence-electron chi connectivity index (χ1n) is 7.67. The van der Waals surface area contributed by atoms with E-state index in [4.69, 9.17) is 4.74 Å². The van der Waals surface area contributed by atoms with Crippen LogP contribution in [0, 0.1) is 5.82 Å². The molecule has 0 spiro atoms. The molecule has 24 heavy (non-hydrogen) atoms.